The Labute approximate surface area is 155 Å². The van der Waals surface area contributed by atoms with Gasteiger partial charge in [0.05, 0.1) is 6.42 Å². The van der Waals surface area contributed by atoms with Gasteiger partial charge >= 0.3 is 0 Å². The fraction of sp³-hybridized carbons (Fsp3) is 0.364. The number of carbonyl (C=O) groups excluding carboxylic acids is 2. The van der Waals surface area contributed by atoms with Crippen LogP contribution in [-0.4, -0.2) is 17.9 Å². The maximum Gasteiger partial charge on any atom is 0.251 e. The molecule has 0 spiro atoms. The van der Waals surface area contributed by atoms with Gasteiger partial charge in [-0.15, -0.1) is 0 Å². The molecule has 0 aliphatic heterocycles. The highest BCUT2D eigenvalue weighted by molar-refractivity contribution is 5.97. The van der Waals surface area contributed by atoms with Crippen molar-refractivity contribution in [2.24, 2.45) is 0 Å². The van der Waals surface area contributed by atoms with Crippen LogP contribution in [0.1, 0.15) is 53.6 Å². The monoisotopic (exact) mass is 350 g/mol. The highest BCUT2D eigenvalue weighted by Gasteiger charge is 2.17. The van der Waals surface area contributed by atoms with Gasteiger partial charge in [-0.1, -0.05) is 49.6 Å². The first-order valence-electron chi connectivity index (χ1n) is 9.37. The molecule has 1 aliphatic rings. The summed E-state index contributed by atoms with van der Waals surface area (Å²) in [6.45, 7) is 2.00. The quantitative estimate of drug-likeness (QED) is 0.847. The normalized spacial score (nSPS) is 14.7. The Kier molecular flexibility index (Phi) is 6.05. The van der Waals surface area contributed by atoms with Gasteiger partial charge in [-0.05, 0) is 49.1 Å². The van der Waals surface area contributed by atoms with Gasteiger partial charge in [0.1, 0.15) is 0 Å². The van der Waals surface area contributed by atoms with Gasteiger partial charge in [0.2, 0.25) is 5.91 Å². The van der Waals surface area contributed by atoms with Gasteiger partial charge in [-0.2, -0.15) is 0 Å². The second-order valence-electron chi connectivity index (χ2n) is 7.04. The summed E-state index contributed by atoms with van der Waals surface area (Å²) < 4.78 is 0. The van der Waals surface area contributed by atoms with E-state index in [9.17, 15) is 9.59 Å². The lowest BCUT2D eigenvalue weighted by Crippen LogP contribution is -2.36. The molecule has 0 aromatic heterocycles. The Hall–Kier alpha value is -2.62. The number of carbonyl (C=O) groups is 2. The molecule has 26 heavy (non-hydrogen) atoms. The van der Waals surface area contributed by atoms with Crippen molar-refractivity contribution in [1.82, 2.24) is 5.32 Å². The van der Waals surface area contributed by atoms with Gasteiger partial charge in [0.15, 0.2) is 0 Å². The van der Waals surface area contributed by atoms with Crippen molar-refractivity contribution in [1.29, 1.82) is 0 Å². The molecule has 3 rings (SSSR count). The molecular formula is C22H26N2O2. The van der Waals surface area contributed by atoms with Gasteiger partial charge in [0, 0.05) is 17.3 Å². The van der Waals surface area contributed by atoms with E-state index in [1.54, 1.807) is 18.2 Å². The molecule has 2 N–H and O–H groups in total. The fourth-order valence-corrected chi connectivity index (χ4v) is 3.44. The molecule has 0 atom stereocenters. The zero-order chi connectivity index (χ0) is 18.4. The third-order valence-corrected chi connectivity index (χ3v) is 4.96. The SMILES string of the molecule is Cc1ccccc1CC(=O)Nc1cccc(C(=O)NC2CCCCC2)c1. The zero-order valence-corrected chi connectivity index (χ0v) is 15.3. The molecular weight excluding hydrogens is 324 g/mol. The molecule has 136 valence electrons. The Balaban J connectivity index is 1.60. The Morgan fingerprint density at radius 2 is 1.77 bits per heavy atom. The van der Waals surface area contributed by atoms with Crippen LogP contribution in [-0.2, 0) is 11.2 Å². The second-order valence-corrected chi connectivity index (χ2v) is 7.04. The number of nitrogens with one attached hydrogen (secondary N) is 2. The molecule has 4 nitrogen and oxygen atoms in total. The van der Waals surface area contributed by atoms with E-state index in [-0.39, 0.29) is 17.9 Å². The van der Waals surface area contributed by atoms with Crippen LogP contribution in [0.2, 0.25) is 0 Å². The number of aryl methyl sites for hydroxylation is 1. The number of hydrogen-bond donors (Lipinski definition) is 2. The molecule has 0 saturated heterocycles. The van der Waals surface area contributed by atoms with Crippen LogP contribution in [0.4, 0.5) is 5.69 Å². The average molecular weight is 350 g/mol. The number of rotatable bonds is 5. The smallest absolute Gasteiger partial charge is 0.251 e. The summed E-state index contributed by atoms with van der Waals surface area (Å²) >= 11 is 0. The lowest BCUT2D eigenvalue weighted by molar-refractivity contribution is -0.115. The summed E-state index contributed by atoms with van der Waals surface area (Å²) in [6.07, 6.45) is 6.05. The summed E-state index contributed by atoms with van der Waals surface area (Å²) in [5.41, 5.74) is 3.35. The minimum absolute atomic E-state index is 0.0631. The van der Waals surface area contributed by atoms with Crippen LogP contribution in [0, 0.1) is 6.92 Å². The van der Waals surface area contributed by atoms with Gasteiger partial charge in [0.25, 0.3) is 5.91 Å². The van der Waals surface area contributed by atoms with Crippen molar-refractivity contribution in [3.63, 3.8) is 0 Å². The van der Waals surface area contributed by atoms with Crippen molar-refractivity contribution in [2.45, 2.75) is 51.5 Å². The van der Waals surface area contributed by atoms with Gasteiger partial charge < -0.3 is 10.6 Å². The van der Waals surface area contributed by atoms with Crippen molar-refractivity contribution in [2.75, 3.05) is 5.32 Å². The lowest BCUT2D eigenvalue weighted by atomic mass is 9.95. The van der Waals surface area contributed by atoms with Crippen LogP contribution in [0.5, 0.6) is 0 Å². The van der Waals surface area contributed by atoms with Crippen molar-refractivity contribution >= 4 is 17.5 Å². The largest absolute Gasteiger partial charge is 0.349 e. The predicted octanol–water partition coefficient (Wildman–Crippen LogP) is 4.24. The lowest BCUT2D eigenvalue weighted by Gasteiger charge is -2.22. The summed E-state index contributed by atoms with van der Waals surface area (Å²) in [7, 11) is 0. The van der Waals surface area contributed by atoms with Crippen molar-refractivity contribution in [3.05, 3.63) is 65.2 Å². The summed E-state index contributed by atoms with van der Waals surface area (Å²) in [4.78, 5) is 24.8. The van der Waals surface area contributed by atoms with E-state index >= 15 is 0 Å². The molecule has 1 saturated carbocycles. The van der Waals surface area contributed by atoms with E-state index in [1.165, 1.54) is 19.3 Å². The molecule has 2 aromatic carbocycles. The van der Waals surface area contributed by atoms with Gasteiger partial charge in [-0.25, -0.2) is 0 Å². The van der Waals surface area contributed by atoms with E-state index in [0.717, 1.165) is 24.0 Å². The highest BCUT2D eigenvalue weighted by Crippen LogP contribution is 2.18. The molecule has 4 heteroatoms. The molecule has 1 aliphatic carbocycles. The standard InChI is InChI=1S/C22H26N2O2/c1-16-8-5-6-9-17(16)15-21(25)23-20-13-7-10-18(14-20)22(26)24-19-11-3-2-4-12-19/h5-10,13-14,19H,2-4,11-12,15H2,1H3,(H,23,25)(H,24,26). The topological polar surface area (TPSA) is 58.2 Å². The van der Waals surface area contributed by atoms with Crippen molar-refractivity contribution < 1.29 is 9.59 Å². The number of anilines is 1. The van der Waals surface area contributed by atoms with Crippen LogP contribution in [0.3, 0.4) is 0 Å². The maximum atomic E-state index is 12.5. The minimum Gasteiger partial charge on any atom is -0.349 e. The molecule has 0 unspecified atom stereocenters. The van der Waals surface area contributed by atoms with Gasteiger partial charge in [-0.3, -0.25) is 9.59 Å². The second kappa shape index (κ2) is 8.65. The Bertz CT molecular complexity index is 779. The fourth-order valence-electron chi connectivity index (χ4n) is 3.44. The number of amides is 2. The van der Waals surface area contributed by atoms with Crippen LogP contribution >= 0.6 is 0 Å². The number of benzene rings is 2. The Morgan fingerprint density at radius 1 is 1.00 bits per heavy atom. The molecule has 2 aromatic rings. The Morgan fingerprint density at radius 3 is 2.54 bits per heavy atom. The first kappa shape index (κ1) is 18.2. The zero-order valence-electron chi connectivity index (χ0n) is 15.3. The van der Waals surface area contributed by atoms with E-state index < -0.39 is 0 Å². The van der Waals surface area contributed by atoms with E-state index in [0.29, 0.717) is 17.7 Å². The molecule has 0 bridgehead atoms. The molecule has 0 radical (unpaired) electrons. The summed E-state index contributed by atoms with van der Waals surface area (Å²) in [5, 5.41) is 6.01. The minimum atomic E-state index is -0.0795. The van der Waals surface area contributed by atoms with E-state index in [1.807, 2.05) is 37.3 Å². The van der Waals surface area contributed by atoms with Crippen LogP contribution in [0.15, 0.2) is 48.5 Å². The number of hydrogen-bond acceptors (Lipinski definition) is 2. The summed E-state index contributed by atoms with van der Waals surface area (Å²) in [6, 6.07) is 15.3. The maximum absolute atomic E-state index is 12.5. The average Bonchev–Trinajstić information content (AvgIpc) is 2.64. The van der Waals surface area contributed by atoms with E-state index in [2.05, 4.69) is 10.6 Å². The van der Waals surface area contributed by atoms with Crippen LogP contribution in [0.25, 0.3) is 0 Å². The predicted molar refractivity (Wildman–Crippen MR) is 104 cm³/mol. The highest BCUT2D eigenvalue weighted by atomic mass is 16.2. The summed E-state index contributed by atoms with van der Waals surface area (Å²) in [5.74, 6) is -0.143. The molecule has 0 heterocycles. The van der Waals surface area contributed by atoms with Crippen molar-refractivity contribution in [3.8, 4) is 0 Å². The first-order valence-corrected chi connectivity index (χ1v) is 9.37. The first-order chi connectivity index (χ1) is 12.6. The molecule has 2 amide bonds. The third kappa shape index (κ3) is 4.94. The van der Waals surface area contributed by atoms with Crippen LogP contribution < -0.4 is 10.6 Å². The van der Waals surface area contributed by atoms with E-state index in [4.69, 9.17) is 0 Å². The molecule has 1 fully saturated rings. The third-order valence-electron chi connectivity index (χ3n) is 4.96.